The molecule has 0 aliphatic rings. The number of furan rings is 1. The maximum absolute atomic E-state index is 12.2. The second-order valence-electron chi connectivity index (χ2n) is 6.12. The molecule has 2 aromatic carbocycles. The van der Waals surface area contributed by atoms with Gasteiger partial charge in [-0.25, -0.2) is 13.1 Å². The lowest BCUT2D eigenvalue weighted by Crippen LogP contribution is -2.22. The van der Waals surface area contributed by atoms with Crippen molar-refractivity contribution in [2.45, 2.75) is 18.0 Å². The van der Waals surface area contributed by atoms with E-state index < -0.39 is 10.0 Å². The fourth-order valence-corrected chi connectivity index (χ4v) is 3.58. The Balaban J connectivity index is 1.50. The first-order chi connectivity index (χ1) is 13.9. The van der Waals surface area contributed by atoms with E-state index in [0.717, 1.165) is 5.56 Å². The Morgan fingerprint density at radius 2 is 1.69 bits per heavy atom. The number of carbonyl (C=O) groups is 1. The molecule has 3 rings (SSSR count). The summed E-state index contributed by atoms with van der Waals surface area (Å²) in [6, 6.07) is 18.6. The first-order valence-electron chi connectivity index (χ1n) is 8.76. The van der Waals surface area contributed by atoms with E-state index in [-0.39, 0.29) is 17.3 Å². The van der Waals surface area contributed by atoms with Crippen molar-refractivity contribution in [1.29, 1.82) is 0 Å². The van der Waals surface area contributed by atoms with E-state index in [1.807, 2.05) is 12.1 Å². The molecule has 8 heteroatoms. The molecule has 3 aromatic rings. The van der Waals surface area contributed by atoms with Crippen LogP contribution in [0, 0.1) is 0 Å². The van der Waals surface area contributed by atoms with Gasteiger partial charge in [-0.15, -0.1) is 0 Å². The Hall–Kier alpha value is -2.87. The summed E-state index contributed by atoms with van der Waals surface area (Å²) in [5, 5.41) is 3.40. The van der Waals surface area contributed by atoms with Gasteiger partial charge in [0, 0.05) is 17.6 Å². The third-order valence-corrected chi connectivity index (χ3v) is 5.62. The molecule has 1 amide bonds. The van der Waals surface area contributed by atoms with Crippen LogP contribution in [0.15, 0.2) is 82.1 Å². The molecule has 0 atom stereocenters. The van der Waals surface area contributed by atoms with Crippen LogP contribution in [0.4, 0.5) is 0 Å². The van der Waals surface area contributed by atoms with E-state index in [0.29, 0.717) is 23.1 Å². The molecule has 0 radical (unpaired) electrons. The Bertz CT molecular complexity index is 1090. The van der Waals surface area contributed by atoms with Crippen LogP contribution in [0.2, 0.25) is 5.02 Å². The minimum absolute atomic E-state index is 0.00777. The molecule has 6 nitrogen and oxygen atoms in total. The maximum Gasteiger partial charge on any atom is 0.244 e. The first kappa shape index (κ1) is 20.9. The number of carbonyl (C=O) groups excluding carboxylic acids is 1. The number of hydrogen-bond acceptors (Lipinski definition) is 4. The van der Waals surface area contributed by atoms with Crippen molar-refractivity contribution >= 4 is 33.6 Å². The smallest absolute Gasteiger partial charge is 0.244 e. The highest BCUT2D eigenvalue weighted by Crippen LogP contribution is 2.12. The van der Waals surface area contributed by atoms with Crippen LogP contribution < -0.4 is 10.0 Å². The van der Waals surface area contributed by atoms with Crippen LogP contribution in [-0.4, -0.2) is 14.3 Å². The zero-order valence-electron chi connectivity index (χ0n) is 15.3. The molecule has 0 bridgehead atoms. The van der Waals surface area contributed by atoms with Crippen molar-refractivity contribution in [3.63, 3.8) is 0 Å². The summed E-state index contributed by atoms with van der Waals surface area (Å²) in [5.41, 5.74) is 0.933. The van der Waals surface area contributed by atoms with Crippen molar-refractivity contribution in [3.05, 3.63) is 94.9 Å². The van der Waals surface area contributed by atoms with Gasteiger partial charge in [-0.2, -0.15) is 0 Å². The van der Waals surface area contributed by atoms with E-state index >= 15 is 0 Å². The summed E-state index contributed by atoms with van der Waals surface area (Å²) in [6.45, 7) is 0.388. The Labute approximate surface area is 174 Å². The van der Waals surface area contributed by atoms with Gasteiger partial charge in [0.1, 0.15) is 11.5 Å². The highest BCUT2D eigenvalue weighted by atomic mass is 35.5. The SMILES string of the molecule is O=C(/C=C/c1ccc(CNS(=O)(=O)c2ccccc2)o1)NCc1ccc(Cl)cc1. The molecule has 0 saturated carbocycles. The molecule has 0 unspecified atom stereocenters. The topological polar surface area (TPSA) is 88.4 Å². The van der Waals surface area contributed by atoms with Gasteiger partial charge in [0.25, 0.3) is 0 Å². The zero-order chi connectivity index (χ0) is 20.7. The van der Waals surface area contributed by atoms with Crippen molar-refractivity contribution in [2.24, 2.45) is 0 Å². The van der Waals surface area contributed by atoms with E-state index in [1.165, 1.54) is 24.3 Å². The monoisotopic (exact) mass is 430 g/mol. The first-order valence-corrected chi connectivity index (χ1v) is 10.6. The molecule has 0 saturated heterocycles. The lowest BCUT2D eigenvalue weighted by molar-refractivity contribution is -0.116. The van der Waals surface area contributed by atoms with Gasteiger partial charge in [0.05, 0.1) is 11.4 Å². The van der Waals surface area contributed by atoms with Gasteiger partial charge in [-0.1, -0.05) is 41.9 Å². The molecule has 1 heterocycles. The van der Waals surface area contributed by atoms with Gasteiger partial charge in [-0.05, 0) is 48.0 Å². The van der Waals surface area contributed by atoms with E-state index in [4.69, 9.17) is 16.0 Å². The molecule has 29 heavy (non-hydrogen) atoms. The van der Waals surface area contributed by atoms with E-state index in [9.17, 15) is 13.2 Å². The van der Waals surface area contributed by atoms with Crippen LogP contribution in [0.3, 0.4) is 0 Å². The maximum atomic E-state index is 12.2. The Kier molecular flexibility index (Phi) is 6.87. The standard InChI is InChI=1S/C21H19ClN2O4S/c22-17-8-6-16(7-9-17)14-23-21(25)13-12-18-10-11-19(28-18)15-24-29(26,27)20-4-2-1-3-5-20/h1-13,24H,14-15H2,(H,23,25)/b13-12+. The molecule has 0 aliphatic heterocycles. The highest BCUT2D eigenvalue weighted by molar-refractivity contribution is 7.89. The van der Waals surface area contributed by atoms with Gasteiger partial charge in [0.15, 0.2) is 0 Å². The second kappa shape index (κ2) is 9.56. The second-order valence-corrected chi connectivity index (χ2v) is 8.32. The molecular weight excluding hydrogens is 412 g/mol. The zero-order valence-corrected chi connectivity index (χ0v) is 16.9. The quantitative estimate of drug-likeness (QED) is 0.533. The van der Waals surface area contributed by atoms with Crippen LogP contribution in [0.1, 0.15) is 17.1 Å². The molecule has 2 N–H and O–H groups in total. The predicted octanol–water partition coefficient (Wildman–Crippen LogP) is 3.74. The van der Waals surface area contributed by atoms with Crippen LogP contribution in [0.25, 0.3) is 6.08 Å². The van der Waals surface area contributed by atoms with Crippen LogP contribution in [0.5, 0.6) is 0 Å². The lowest BCUT2D eigenvalue weighted by atomic mass is 10.2. The van der Waals surface area contributed by atoms with Gasteiger partial charge in [-0.3, -0.25) is 4.79 Å². The molecule has 0 aliphatic carbocycles. The number of sulfonamides is 1. The lowest BCUT2D eigenvalue weighted by Gasteiger charge is -2.04. The third kappa shape index (κ3) is 6.32. The number of halogens is 1. The summed E-state index contributed by atoms with van der Waals surface area (Å²) >= 11 is 5.83. The number of rotatable bonds is 8. The van der Waals surface area contributed by atoms with E-state index in [2.05, 4.69) is 10.0 Å². The molecular formula is C21H19ClN2O4S. The fourth-order valence-electron chi connectivity index (χ4n) is 2.44. The van der Waals surface area contributed by atoms with Crippen molar-refractivity contribution in [1.82, 2.24) is 10.0 Å². The average Bonchev–Trinajstić information content (AvgIpc) is 3.19. The number of hydrogen-bond donors (Lipinski definition) is 2. The summed E-state index contributed by atoms with van der Waals surface area (Å²) in [4.78, 5) is 12.1. The van der Waals surface area contributed by atoms with Crippen LogP contribution in [-0.2, 0) is 27.9 Å². The molecule has 0 spiro atoms. The Morgan fingerprint density at radius 1 is 0.966 bits per heavy atom. The third-order valence-electron chi connectivity index (χ3n) is 3.95. The molecule has 150 valence electrons. The minimum Gasteiger partial charge on any atom is -0.460 e. The fraction of sp³-hybridized carbons (Fsp3) is 0.0952. The summed E-state index contributed by atoms with van der Waals surface area (Å²) in [6.07, 6.45) is 2.87. The summed E-state index contributed by atoms with van der Waals surface area (Å²) < 4.78 is 32.4. The van der Waals surface area contributed by atoms with Crippen LogP contribution >= 0.6 is 11.6 Å². The van der Waals surface area contributed by atoms with E-state index in [1.54, 1.807) is 42.5 Å². The summed E-state index contributed by atoms with van der Waals surface area (Å²) in [5.74, 6) is 0.606. The van der Waals surface area contributed by atoms with Crippen molar-refractivity contribution in [3.8, 4) is 0 Å². The Morgan fingerprint density at radius 3 is 2.41 bits per heavy atom. The number of nitrogens with one attached hydrogen (secondary N) is 2. The van der Waals surface area contributed by atoms with Gasteiger partial charge < -0.3 is 9.73 Å². The predicted molar refractivity (Wildman–Crippen MR) is 112 cm³/mol. The molecule has 1 aromatic heterocycles. The number of amides is 1. The van der Waals surface area contributed by atoms with Gasteiger partial charge in [0.2, 0.25) is 15.9 Å². The van der Waals surface area contributed by atoms with Crippen molar-refractivity contribution < 1.29 is 17.6 Å². The largest absolute Gasteiger partial charge is 0.460 e. The molecule has 0 fully saturated rings. The van der Waals surface area contributed by atoms with Crippen molar-refractivity contribution in [2.75, 3.05) is 0 Å². The average molecular weight is 431 g/mol. The summed E-state index contributed by atoms with van der Waals surface area (Å²) in [7, 11) is -3.61. The number of benzene rings is 2. The minimum atomic E-state index is -3.61. The normalized spacial score (nSPS) is 11.6. The highest BCUT2D eigenvalue weighted by Gasteiger charge is 2.13. The van der Waals surface area contributed by atoms with Gasteiger partial charge >= 0.3 is 0 Å².